The van der Waals surface area contributed by atoms with Crippen LogP contribution in [0.4, 0.5) is 5.69 Å². The van der Waals surface area contributed by atoms with E-state index in [4.69, 9.17) is 0 Å². The molecule has 0 bridgehead atoms. The molecule has 3 rings (SSSR count). The maximum absolute atomic E-state index is 12.2. The molecule has 27 heavy (non-hydrogen) atoms. The molecule has 0 aliphatic heterocycles. The van der Waals surface area contributed by atoms with E-state index in [9.17, 15) is 9.59 Å². The summed E-state index contributed by atoms with van der Waals surface area (Å²) in [5, 5.41) is 6.92. The zero-order chi connectivity index (χ0) is 19.2. The molecule has 5 heteroatoms. The molecular formula is C22H25N3O2. The fraction of sp³-hybridized carbons (Fsp3) is 0.273. The van der Waals surface area contributed by atoms with Crippen LogP contribution in [0.3, 0.4) is 0 Å². The molecule has 0 saturated heterocycles. The maximum Gasteiger partial charge on any atom is 0.251 e. The molecule has 0 atom stereocenters. The van der Waals surface area contributed by atoms with Crippen LogP contribution in [0.1, 0.15) is 36.2 Å². The van der Waals surface area contributed by atoms with Crippen molar-refractivity contribution in [3.8, 4) is 0 Å². The van der Waals surface area contributed by atoms with E-state index in [1.54, 1.807) is 24.3 Å². The van der Waals surface area contributed by atoms with Crippen LogP contribution in [0.15, 0.2) is 54.7 Å². The van der Waals surface area contributed by atoms with Crippen LogP contribution in [0.2, 0.25) is 0 Å². The lowest BCUT2D eigenvalue weighted by molar-refractivity contribution is -0.116. The summed E-state index contributed by atoms with van der Waals surface area (Å²) in [5.74, 6) is 0.267. The van der Waals surface area contributed by atoms with Crippen molar-refractivity contribution in [3.63, 3.8) is 0 Å². The summed E-state index contributed by atoms with van der Waals surface area (Å²) >= 11 is 0. The highest BCUT2D eigenvalue weighted by Gasteiger charge is 2.09. The molecular weight excluding hydrogens is 338 g/mol. The molecule has 2 aromatic carbocycles. The van der Waals surface area contributed by atoms with Crippen LogP contribution in [-0.4, -0.2) is 23.3 Å². The first-order chi connectivity index (χ1) is 13.0. The second-order valence-corrected chi connectivity index (χ2v) is 7.09. The molecule has 1 aromatic heterocycles. The highest BCUT2D eigenvalue weighted by molar-refractivity contribution is 5.96. The third kappa shape index (κ3) is 4.97. The summed E-state index contributed by atoms with van der Waals surface area (Å²) in [5.41, 5.74) is 3.50. The summed E-state index contributed by atoms with van der Waals surface area (Å²) < 4.78 is 0. The van der Waals surface area contributed by atoms with Crippen LogP contribution in [0.25, 0.3) is 10.9 Å². The lowest BCUT2D eigenvalue weighted by atomic mass is 10.1. The molecule has 0 fully saturated rings. The Hall–Kier alpha value is -3.08. The van der Waals surface area contributed by atoms with Gasteiger partial charge in [0.1, 0.15) is 0 Å². The molecule has 0 aliphatic carbocycles. The number of hydrogen-bond acceptors (Lipinski definition) is 2. The Bertz CT molecular complexity index is 926. The summed E-state index contributed by atoms with van der Waals surface area (Å²) in [7, 11) is 0. The van der Waals surface area contributed by atoms with Gasteiger partial charge in [-0.15, -0.1) is 0 Å². The third-order valence-electron chi connectivity index (χ3n) is 4.40. The van der Waals surface area contributed by atoms with Crippen molar-refractivity contribution in [1.29, 1.82) is 0 Å². The van der Waals surface area contributed by atoms with Crippen molar-refractivity contribution in [2.45, 2.75) is 26.7 Å². The molecule has 1 heterocycles. The normalized spacial score (nSPS) is 10.9. The highest BCUT2D eigenvalue weighted by Crippen LogP contribution is 2.19. The number of aromatic nitrogens is 1. The van der Waals surface area contributed by atoms with E-state index in [0.29, 0.717) is 36.6 Å². The van der Waals surface area contributed by atoms with Crippen molar-refractivity contribution >= 4 is 28.4 Å². The Morgan fingerprint density at radius 1 is 1.04 bits per heavy atom. The third-order valence-corrected chi connectivity index (χ3v) is 4.40. The van der Waals surface area contributed by atoms with Gasteiger partial charge in [-0.25, -0.2) is 0 Å². The first-order valence-electron chi connectivity index (χ1n) is 9.26. The standard InChI is InChI=1S/C22H25N3O2/c1-15(2)13-24-22(27)16-7-10-18(11-8-16)25-21(26)12-9-17-14-23-20-6-4-3-5-19(17)20/h3-8,10-11,14-15,23H,9,12-13H2,1-2H3,(H,24,27)(H,25,26). The van der Waals surface area contributed by atoms with Gasteiger partial charge in [0, 0.05) is 41.3 Å². The van der Waals surface area contributed by atoms with Crippen molar-refractivity contribution in [2.75, 3.05) is 11.9 Å². The minimum absolute atomic E-state index is 0.0442. The molecule has 0 aliphatic rings. The van der Waals surface area contributed by atoms with Gasteiger partial charge >= 0.3 is 0 Å². The average Bonchev–Trinajstić information content (AvgIpc) is 3.08. The predicted molar refractivity (Wildman–Crippen MR) is 109 cm³/mol. The van der Waals surface area contributed by atoms with Crippen LogP contribution in [0, 0.1) is 5.92 Å². The van der Waals surface area contributed by atoms with E-state index in [0.717, 1.165) is 16.5 Å². The molecule has 3 aromatic rings. The Balaban J connectivity index is 1.52. The van der Waals surface area contributed by atoms with Crippen molar-refractivity contribution in [1.82, 2.24) is 10.3 Å². The summed E-state index contributed by atoms with van der Waals surface area (Å²) in [6.07, 6.45) is 3.03. The Kier molecular flexibility index (Phi) is 5.91. The van der Waals surface area contributed by atoms with Crippen LogP contribution < -0.4 is 10.6 Å². The van der Waals surface area contributed by atoms with E-state index in [2.05, 4.69) is 35.5 Å². The number of fused-ring (bicyclic) bond motifs is 1. The van der Waals surface area contributed by atoms with Crippen LogP contribution >= 0.6 is 0 Å². The number of carbonyl (C=O) groups is 2. The SMILES string of the molecule is CC(C)CNC(=O)c1ccc(NC(=O)CCc2c[nH]c3ccccc23)cc1. The molecule has 3 N–H and O–H groups in total. The molecule has 0 radical (unpaired) electrons. The first kappa shape index (κ1) is 18.7. The van der Waals surface area contributed by atoms with Gasteiger partial charge in [0.15, 0.2) is 0 Å². The van der Waals surface area contributed by atoms with E-state index in [1.165, 1.54) is 0 Å². The van der Waals surface area contributed by atoms with Gasteiger partial charge in [0.2, 0.25) is 5.91 Å². The number of nitrogens with one attached hydrogen (secondary N) is 3. The average molecular weight is 363 g/mol. The summed E-state index contributed by atoms with van der Waals surface area (Å²) in [4.78, 5) is 27.5. The van der Waals surface area contributed by atoms with Crippen molar-refractivity contribution in [2.24, 2.45) is 5.92 Å². The number of rotatable bonds is 7. The first-order valence-corrected chi connectivity index (χ1v) is 9.26. The molecule has 5 nitrogen and oxygen atoms in total. The lowest BCUT2D eigenvalue weighted by Crippen LogP contribution is -2.27. The van der Waals surface area contributed by atoms with Gasteiger partial charge in [-0.1, -0.05) is 32.0 Å². The van der Waals surface area contributed by atoms with Gasteiger partial charge < -0.3 is 15.6 Å². The molecule has 2 amide bonds. The van der Waals surface area contributed by atoms with Crippen LogP contribution in [-0.2, 0) is 11.2 Å². The van der Waals surface area contributed by atoms with Gasteiger partial charge in [-0.2, -0.15) is 0 Å². The van der Waals surface area contributed by atoms with Crippen molar-refractivity contribution in [3.05, 3.63) is 65.9 Å². The zero-order valence-electron chi connectivity index (χ0n) is 15.7. The maximum atomic E-state index is 12.2. The van der Waals surface area contributed by atoms with Crippen LogP contribution in [0.5, 0.6) is 0 Å². The number of aromatic amines is 1. The number of para-hydroxylation sites is 1. The minimum Gasteiger partial charge on any atom is -0.361 e. The number of benzene rings is 2. The number of anilines is 1. The largest absolute Gasteiger partial charge is 0.361 e. The molecule has 0 unspecified atom stereocenters. The van der Waals surface area contributed by atoms with Crippen molar-refractivity contribution < 1.29 is 9.59 Å². The number of carbonyl (C=O) groups excluding carboxylic acids is 2. The number of H-pyrrole nitrogens is 1. The van der Waals surface area contributed by atoms with Gasteiger partial charge in [-0.05, 0) is 48.2 Å². The Morgan fingerprint density at radius 2 is 1.78 bits per heavy atom. The second-order valence-electron chi connectivity index (χ2n) is 7.09. The molecule has 0 spiro atoms. The minimum atomic E-state index is -0.0964. The quantitative estimate of drug-likeness (QED) is 0.590. The molecule has 140 valence electrons. The number of aryl methyl sites for hydroxylation is 1. The smallest absolute Gasteiger partial charge is 0.251 e. The highest BCUT2D eigenvalue weighted by atomic mass is 16.2. The lowest BCUT2D eigenvalue weighted by Gasteiger charge is -2.09. The fourth-order valence-corrected chi connectivity index (χ4v) is 2.91. The Morgan fingerprint density at radius 3 is 2.52 bits per heavy atom. The van der Waals surface area contributed by atoms with E-state index >= 15 is 0 Å². The fourth-order valence-electron chi connectivity index (χ4n) is 2.91. The van der Waals surface area contributed by atoms with E-state index < -0.39 is 0 Å². The topological polar surface area (TPSA) is 74.0 Å². The predicted octanol–water partition coefficient (Wildman–Crippen LogP) is 4.13. The van der Waals surface area contributed by atoms with Gasteiger partial charge in [0.05, 0.1) is 0 Å². The van der Waals surface area contributed by atoms with E-state index in [1.807, 2.05) is 24.4 Å². The number of hydrogen-bond donors (Lipinski definition) is 3. The van der Waals surface area contributed by atoms with Gasteiger partial charge in [-0.3, -0.25) is 9.59 Å². The Labute approximate surface area is 159 Å². The number of amides is 2. The summed E-state index contributed by atoms with van der Waals surface area (Å²) in [6, 6.07) is 15.0. The monoisotopic (exact) mass is 363 g/mol. The summed E-state index contributed by atoms with van der Waals surface area (Å²) in [6.45, 7) is 4.75. The zero-order valence-corrected chi connectivity index (χ0v) is 15.7. The molecule has 0 saturated carbocycles. The van der Waals surface area contributed by atoms with E-state index in [-0.39, 0.29) is 11.8 Å². The second kappa shape index (κ2) is 8.54. The van der Waals surface area contributed by atoms with Gasteiger partial charge in [0.25, 0.3) is 5.91 Å².